The van der Waals surface area contributed by atoms with Gasteiger partial charge in [0.1, 0.15) is 0 Å². The Morgan fingerprint density at radius 1 is 1.20 bits per heavy atom. The van der Waals surface area contributed by atoms with Crippen LogP contribution in [-0.4, -0.2) is 18.1 Å². The van der Waals surface area contributed by atoms with Crippen LogP contribution in [-0.2, 0) is 10.9 Å². The number of aromatic nitrogens is 1. The lowest BCUT2D eigenvalue weighted by Crippen LogP contribution is -2.09. The van der Waals surface area contributed by atoms with Crippen molar-refractivity contribution in [1.29, 1.82) is 0 Å². The van der Waals surface area contributed by atoms with Gasteiger partial charge in [0.2, 0.25) is 0 Å². The molecule has 0 N–H and O–H groups in total. The molecule has 0 bridgehead atoms. The maximum Gasteiger partial charge on any atom is 0.416 e. The fraction of sp³-hybridized carbons (Fsp3) is 0.143. The zero-order valence-electron chi connectivity index (χ0n) is 10.4. The molecule has 0 aliphatic rings. The summed E-state index contributed by atoms with van der Waals surface area (Å²) in [6, 6.07) is 6.31. The first-order valence-corrected chi connectivity index (χ1v) is 5.63. The van der Waals surface area contributed by atoms with Crippen molar-refractivity contribution < 1.29 is 22.7 Å². The van der Waals surface area contributed by atoms with Crippen molar-refractivity contribution in [3.63, 3.8) is 0 Å². The van der Waals surface area contributed by atoms with Crippen LogP contribution in [0.2, 0.25) is 0 Å². The fourth-order valence-electron chi connectivity index (χ4n) is 1.73. The molecule has 0 fully saturated rings. The van der Waals surface area contributed by atoms with Gasteiger partial charge in [-0.05, 0) is 29.8 Å². The lowest BCUT2D eigenvalue weighted by Gasteiger charge is -2.11. The molecule has 0 unspecified atom stereocenters. The minimum absolute atomic E-state index is 0.152. The van der Waals surface area contributed by atoms with Gasteiger partial charge in [-0.25, -0.2) is 4.79 Å². The summed E-state index contributed by atoms with van der Waals surface area (Å²) in [5.41, 5.74) is -0.308. The van der Waals surface area contributed by atoms with Crippen molar-refractivity contribution in [2.45, 2.75) is 6.18 Å². The molecule has 3 nitrogen and oxygen atoms in total. The molecule has 1 aromatic carbocycles. The first-order chi connectivity index (χ1) is 9.41. The molecular formula is C14H10F3NO2. The van der Waals surface area contributed by atoms with E-state index in [1.807, 2.05) is 0 Å². The van der Waals surface area contributed by atoms with E-state index < -0.39 is 17.7 Å². The molecule has 0 amide bonds. The molecule has 0 aliphatic carbocycles. The van der Waals surface area contributed by atoms with E-state index in [0.717, 1.165) is 19.2 Å². The Kier molecular flexibility index (Phi) is 3.74. The first-order valence-electron chi connectivity index (χ1n) is 5.63. The predicted molar refractivity (Wildman–Crippen MR) is 66.0 cm³/mol. The van der Waals surface area contributed by atoms with Crippen LogP contribution in [0.3, 0.4) is 0 Å². The van der Waals surface area contributed by atoms with E-state index in [9.17, 15) is 18.0 Å². The van der Waals surface area contributed by atoms with E-state index in [1.165, 1.54) is 18.5 Å². The van der Waals surface area contributed by atoms with Crippen molar-refractivity contribution in [3.8, 4) is 11.1 Å². The maximum absolute atomic E-state index is 12.9. The Labute approximate surface area is 113 Å². The minimum Gasteiger partial charge on any atom is -0.465 e. The molecular weight excluding hydrogens is 271 g/mol. The molecule has 1 aromatic heterocycles. The molecule has 1 heterocycles. The highest BCUT2D eigenvalue weighted by molar-refractivity contribution is 5.91. The number of carbonyl (C=O) groups excluding carboxylic acids is 1. The van der Waals surface area contributed by atoms with Gasteiger partial charge >= 0.3 is 12.1 Å². The van der Waals surface area contributed by atoms with Gasteiger partial charge in [0.05, 0.1) is 18.2 Å². The van der Waals surface area contributed by atoms with Gasteiger partial charge in [-0.1, -0.05) is 6.07 Å². The second-order valence-electron chi connectivity index (χ2n) is 4.03. The number of methoxy groups -OCH3 is 1. The molecule has 0 atom stereocenters. The summed E-state index contributed by atoms with van der Waals surface area (Å²) in [4.78, 5) is 15.3. The highest BCUT2D eigenvalue weighted by atomic mass is 19.4. The number of rotatable bonds is 2. The van der Waals surface area contributed by atoms with Gasteiger partial charge in [-0.15, -0.1) is 0 Å². The topological polar surface area (TPSA) is 39.2 Å². The van der Waals surface area contributed by atoms with Crippen LogP contribution >= 0.6 is 0 Å². The lowest BCUT2D eigenvalue weighted by molar-refractivity contribution is -0.137. The normalized spacial score (nSPS) is 11.2. The molecule has 6 heteroatoms. The third-order valence-corrected chi connectivity index (χ3v) is 2.68. The lowest BCUT2D eigenvalue weighted by atomic mass is 10.0. The number of hydrogen-bond donors (Lipinski definition) is 0. The minimum atomic E-state index is -4.54. The van der Waals surface area contributed by atoms with Gasteiger partial charge < -0.3 is 4.74 Å². The number of ether oxygens (including phenoxy) is 1. The van der Waals surface area contributed by atoms with E-state index >= 15 is 0 Å². The Hall–Kier alpha value is -2.37. The van der Waals surface area contributed by atoms with Gasteiger partial charge in [0, 0.05) is 18.0 Å². The van der Waals surface area contributed by atoms with Crippen LogP contribution in [0.5, 0.6) is 0 Å². The van der Waals surface area contributed by atoms with Crippen LogP contribution in [0.15, 0.2) is 42.7 Å². The van der Waals surface area contributed by atoms with Crippen molar-refractivity contribution >= 4 is 5.97 Å². The van der Waals surface area contributed by atoms with Crippen molar-refractivity contribution in [2.24, 2.45) is 0 Å². The average molecular weight is 281 g/mol. The summed E-state index contributed by atoms with van der Waals surface area (Å²) < 4.78 is 43.1. The average Bonchev–Trinajstić information content (AvgIpc) is 2.46. The number of pyridine rings is 1. The molecule has 0 saturated carbocycles. The van der Waals surface area contributed by atoms with E-state index in [2.05, 4.69) is 9.72 Å². The molecule has 2 rings (SSSR count). The number of hydrogen-bond acceptors (Lipinski definition) is 3. The molecule has 104 valence electrons. The SMILES string of the molecule is COC(=O)c1cc(-c2cccnc2)cc(C(F)(F)F)c1. The number of alkyl halides is 3. The quantitative estimate of drug-likeness (QED) is 0.790. The van der Waals surface area contributed by atoms with E-state index in [-0.39, 0.29) is 11.1 Å². The molecule has 0 spiro atoms. The monoisotopic (exact) mass is 281 g/mol. The summed E-state index contributed by atoms with van der Waals surface area (Å²) >= 11 is 0. The second kappa shape index (κ2) is 5.32. The highest BCUT2D eigenvalue weighted by Crippen LogP contribution is 2.33. The van der Waals surface area contributed by atoms with Crippen molar-refractivity contribution in [3.05, 3.63) is 53.9 Å². The van der Waals surface area contributed by atoms with Gasteiger partial charge in [-0.2, -0.15) is 13.2 Å². The Bertz CT molecular complexity index is 624. The maximum atomic E-state index is 12.9. The zero-order chi connectivity index (χ0) is 14.8. The number of benzene rings is 1. The molecule has 0 aliphatic heterocycles. The van der Waals surface area contributed by atoms with Crippen LogP contribution in [0.4, 0.5) is 13.2 Å². The number of nitrogens with zero attached hydrogens (tertiary/aromatic N) is 1. The van der Waals surface area contributed by atoms with Crippen LogP contribution in [0.1, 0.15) is 15.9 Å². The fourth-order valence-corrected chi connectivity index (χ4v) is 1.73. The van der Waals surface area contributed by atoms with E-state index in [4.69, 9.17) is 0 Å². The van der Waals surface area contributed by atoms with Crippen molar-refractivity contribution in [2.75, 3.05) is 7.11 Å². The molecule has 0 saturated heterocycles. The Balaban J connectivity index is 2.60. The van der Waals surface area contributed by atoms with E-state index in [1.54, 1.807) is 12.1 Å². The predicted octanol–water partition coefficient (Wildman–Crippen LogP) is 3.55. The Morgan fingerprint density at radius 2 is 1.95 bits per heavy atom. The summed E-state index contributed by atoms with van der Waals surface area (Å²) in [6.45, 7) is 0. The van der Waals surface area contributed by atoms with E-state index in [0.29, 0.717) is 5.56 Å². The molecule has 0 radical (unpaired) electrons. The van der Waals surface area contributed by atoms with Crippen molar-refractivity contribution in [1.82, 2.24) is 4.98 Å². The molecule has 20 heavy (non-hydrogen) atoms. The van der Waals surface area contributed by atoms with Crippen LogP contribution in [0.25, 0.3) is 11.1 Å². The summed E-state index contributed by atoms with van der Waals surface area (Å²) in [5.74, 6) is -0.818. The van der Waals surface area contributed by atoms with Gasteiger partial charge in [0.15, 0.2) is 0 Å². The number of carbonyl (C=O) groups is 1. The largest absolute Gasteiger partial charge is 0.465 e. The summed E-state index contributed by atoms with van der Waals surface area (Å²) in [5, 5.41) is 0. The summed E-state index contributed by atoms with van der Waals surface area (Å²) in [7, 11) is 1.12. The first kappa shape index (κ1) is 14.0. The number of halogens is 3. The molecule has 2 aromatic rings. The third kappa shape index (κ3) is 2.96. The third-order valence-electron chi connectivity index (χ3n) is 2.68. The van der Waals surface area contributed by atoms with Crippen LogP contribution < -0.4 is 0 Å². The summed E-state index contributed by atoms with van der Waals surface area (Å²) in [6.07, 6.45) is -1.60. The van der Waals surface area contributed by atoms with Gasteiger partial charge in [0.25, 0.3) is 0 Å². The Morgan fingerprint density at radius 3 is 2.50 bits per heavy atom. The zero-order valence-corrected chi connectivity index (χ0v) is 10.4. The highest BCUT2D eigenvalue weighted by Gasteiger charge is 2.32. The second-order valence-corrected chi connectivity index (χ2v) is 4.03. The standard InChI is InChI=1S/C14H10F3NO2/c1-20-13(19)11-5-10(9-3-2-4-18-8-9)6-12(7-11)14(15,16)17/h2-8H,1H3. The number of esters is 1. The van der Waals surface area contributed by atoms with Crippen LogP contribution in [0, 0.1) is 0 Å². The smallest absolute Gasteiger partial charge is 0.416 e. The van der Waals surface area contributed by atoms with Gasteiger partial charge in [-0.3, -0.25) is 4.98 Å².